The first-order valence-electron chi connectivity index (χ1n) is 5.25. The van der Waals surface area contributed by atoms with Gasteiger partial charge in [-0.25, -0.2) is 0 Å². The highest BCUT2D eigenvalue weighted by molar-refractivity contribution is 6.30. The number of nitrogens with two attached hydrogens (primary N) is 1. The van der Waals surface area contributed by atoms with Gasteiger partial charge in [0.25, 0.3) is 0 Å². The smallest absolute Gasteiger partial charge is 0.0968 e. The van der Waals surface area contributed by atoms with Crippen LogP contribution in [0.4, 0.5) is 0 Å². The maximum atomic E-state index is 9.03. The second-order valence-electron chi connectivity index (χ2n) is 3.71. The van der Waals surface area contributed by atoms with Crippen molar-refractivity contribution < 1.29 is 0 Å². The molecule has 0 aromatic heterocycles. The van der Waals surface area contributed by atoms with Gasteiger partial charge in [0.15, 0.2) is 0 Å². The van der Waals surface area contributed by atoms with Gasteiger partial charge in [0.2, 0.25) is 0 Å². The van der Waals surface area contributed by atoms with Gasteiger partial charge in [0.1, 0.15) is 0 Å². The van der Waals surface area contributed by atoms with E-state index in [4.69, 9.17) is 22.6 Å². The van der Waals surface area contributed by atoms with Crippen molar-refractivity contribution in [3.63, 3.8) is 0 Å². The van der Waals surface area contributed by atoms with Crippen molar-refractivity contribution in [2.75, 3.05) is 0 Å². The van der Waals surface area contributed by atoms with Gasteiger partial charge >= 0.3 is 0 Å². The molecule has 0 spiro atoms. The van der Waals surface area contributed by atoms with Gasteiger partial charge in [-0.2, -0.15) is 5.26 Å². The predicted octanol–water partition coefficient (Wildman–Crippen LogP) is 3.64. The molecule has 0 aliphatic heterocycles. The van der Waals surface area contributed by atoms with E-state index >= 15 is 0 Å². The molecule has 0 aliphatic carbocycles. The molecule has 0 unspecified atom stereocenters. The maximum Gasteiger partial charge on any atom is 0.0968 e. The van der Waals surface area contributed by atoms with E-state index in [-0.39, 0.29) is 0 Å². The molecule has 3 heteroatoms. The average Bonchev–Trinajstić information content (AvgIpc) is 2.28. The number of nitrogens with zero attached hydrogens (tertiary/aromatic N) is 1. The van der Waals surface area contributed by atoms with E-state index in [2.05, 4.69) is 6.07 Å². The summed E-state index contributed by atoms with van der Waals surface area (Å²) in [5.74, 6) is 0. The average molecular weight is 235 g/mol. The lowest BCUT2D eigenvalue weighted by molar-refractivity contribution is 0.928. The number of hydrogen-bond donors (Lipinski definition) is 1. The fourth-order valence-electron chi connectivity index (χ4n) is 1.55. The van der Waals surface area contributed by atoms with Crippen LogP contribution in [0, 0.1) is 18.3 Å². The number of hydrogen-bond acceptors (Lipinski definition) is 2. The van der Waals surface area contributed by atoms with Gasteiger partial charge in [-0.3, -0.25) is 0 Å². The van der Waals surface area contributed by atoms with Crippen LogP contribution in [0.1, 0.15) is 30.9 Å². The number of nitriles is 1. The third-order valence-electron chi connectivity index (χ3n) is 2.45. The second kappa shape index (κ2) is 5.58. The summed E-state index contributed by atoms with van der Waals surface area (Å²) in [6, 6.07) is 7.69. The molecule has 0 atom stereocenters. The standard InChI is InChI=1S/C13H15ClN2/c1-3-4-10(8-15)13(16)12-7-11(14)6-5-9(12)2/h5-7H,3-4,16H2,1-2H3/b13-10-. The molecule has 2 N–H and O–H groups in total. The van der Waals surface area contributed by atoms with Gasteiger partial charge in [-0.15, -0.1) is 0 Å². The minimum absolute atomic E-state index is 0.546. The Labute approximate surface area is 101 Å². The molecule has 0 saturated heterocycles. The number of rotatable bonds is 3. The minimum Gasteiger partial charge on any atom is -0.397 e. The molecule has 1 aromatic carbocycles. The van der Waals surface area contributed by atoms with Crippen LogP contribution in [-0.4, -0.2) is 0 Å². The zero-order valence-electron chi connectivity index (χ0n) is 9.55. The number of halogens is 1. The molecule has 0 bridgehead atoms. The summed E-state index contributed by atoms with van der Waals surface area (Å²) < 4.78 is 0. The van der Waals surface area contributed by atoms with Crippen molar-refractivity contribution in [3.05, 3.63) is 39.9 Å². The van der Waals surface area contributed by atoms with E-state index in [1.807, 2.05) is 26.0 Å². The largest absolute Gasteiger partial charge is 0.397 e. The number of aryl methyl sites for hydroxylation is 1. The Morgan fingerprint density at radius 2 is 2.19 bits per heavy atom. The van der Waals surface area contributed by atoms with Gasteiger partial charge in [-0.05, 0) is 31.0 Å². The second-order valence-corrected chi connectivity index (χ2v) is 4.15. The third-order valence-corrected chi connectivity index (χ3v) is 2.68. The minimum atomic E-state index is 0.546. The summed E-state index contributed by atoms with van der Waals surface area (Å²) >= 11 is 5.92. The van der Waals surface area contributed by atoms with Crippen LogP contribution in [0.15, 0.2) is 23.8 Å². The van der Waals surface area contributed by atoms with Crippen LogP contribution in [0.3, 0.4) is 0 Å². The number of allylic oxidation sites excluding steroid dienone is 1. The summed E-state index contributed by atoms with van der Waals surface area (Å²) in [5.41, 5.74) is 9.07. The van der Waals surface area contributed by atoms with Crippen LogP contribution in [0.25, 0.3) is 5.70 Å². The third kappa shape index (κ3) is 2.77. The number of benzene rings is 1. The highest BCUT2D eigenvalue weighted by atomic mass is 35.5. The van der Waals surface area contributed by atoms with Crippen molar-refractivity contribution in [3.8, 4) is 6.07 Å². The van der Waals surface area contributed by atoms with E-state index in [1.54, 1.807) is 6.07 Å². The maximum absolute atomic E-state index is 9.03. The molecule has 1 rings (SSSR count). The molecule has 0 aliphatic rings. The monoisotopic (exact) mass is 234 g/mol. The topological polar surface area (TPSA) is 49.8 Å². The Balaban J connectivity index is 3.27. The lowest BCUT2D eigenvalue weighted by atomic mass is 10.0. The van der Waals surface area contributed by atoms with Crippen LogP contribution >= 0.6 is 11.6 Å². The summed E-state index contributed by atoms with van der Waals surface area (Å²) in [6.45, 7) is 3.98. The Hall–Kier alpha value is -1.46. The molecular formula is C13H15ClN2. The molecule has 16 heavy (non-hydrogen) atoms. The first-order valence-corrected chi connectivity index (χ1v) is 5.63. The van der Waals surface area contributed by atoms with Crippen molar-refractivity contribution in [1.82, 2.24) is 0 Å². The SMILES string of the molecule is CCC/C(C#N)=C(/N)c1cc(Cl)ccc1C. The van der Waals surface area contributed by atoms with E-state index in [0.29, 0.717) is 22.7 Å². The molecule has 1 aromatic rings. The van der Waals surface area contributed by atoms with Gasteiger partial charge in [-0.1, -0.05) is 31.0 Å². The molecule has 0 amide bonds. The van der Waals surface area contributed by atoms with Gasteiger partial charge < -0.3 is 5.73 Å². The van der Waals surface area contributed by atoms with Gasteiger partial charge in [0, 0.05) is 10.6 Å². The van der Waals surface area contributed by atoms with Crippen LogP contribution < -0.4 is 5.73 Å². The molecule has 0 radical (unpaired) electrons. The van der Waals surface area contributed by atoms with Gasteiger partial charge in [0.05, 0.1) is 17.3 Å². The Kier molecular flexibility index (Phi) is 4.39. The molecule has 0 saturated carbocycles. The molecule has 0 heterocycles. The quantitative estimate of drug-likeness (QED) is 0.812. The fourth-order valence-corrected chi connectivity index (χ4v) is 1.72. The zero-order valence-corrected chi connectivity index (χ0v) is 10.3. The Morgan fingerprint density at radius 1 is 1.50 bits per heavy atom. The molecule has 2 nitrogen and oxygen atoms in total. The summed E-state index contributed by atoms with van der Waals surface area (Å²) in [6.07, 6.45) is 1.61. The van der Waals surface area contributed by atoms with Crippen LogP contribution in [0.2, 0.25) is 5.02 Å². The van der Waals surface area contributed by atoms with Crippen molar-refractivity contribution in [1.29, 1.82) is 5.26 Å². The van der Waals surface area contributed by atoms with Crippen molar-refractivity contribution in [2.24, 2.45) is 5.73 Å². The lowest BCUT2D eigenvalue weighted by Crippen LogP contribution is -2.03. The van der Waals surface area contributed by atoms with Crippen molar-refractivity contribution >= 4 is 17.3 Å². The summed E-state index contributed by atoms with van der Waals surface area (Å²) in [4.78, 5) is 0. The Morgan fingerprint density at radius 3 is 2.75 bits per heavy atom. The van der Waals surface area contributed by atoms with E-state index in [9.17, 15) is 0 Å². The van der Waals surface area contributed by atoms with E-state index in [0.717, 1.165) is 17.5 Å². The molecular weight excluding hydrogens is 220 g/mol. The van der Waals surface area contributed by atoms with Crippen LogP contribution in [-0.2, 0) is 0 Å². The van der Waals surface area contributed by atoms with E-state index in [1.165, 1.54) is 0 Å². The fraction of sp³-hybridized carbons (Fsp3) is 0.308. The van der Waals surface area contributed by atoms with Crippen LogP contribution in [0.5, 0.6) is 0 Å². The predicted molar refractivity (Wildman–Crippen MR) is 67.8 cm³/mol. The zero-order chi connectivity index (χ0) is 12.1. The normalized spacial score (nSPS) is 11.9. The first kappa shape index (κ1) is 12.6. The van der Waals surface area contributed by atoms with Crippen molar-refractivity contribution in [2.45, 2.75) is 26.7 Å². The lowest BCUT2D eigenvalue weighted by Gasteiger charge is -2.09. The molecule has 0 fully saturated rings. The summed E-state index contributed by atoms with van der Waals surface area (Å²) in [7, 11) is 0. The summed E-state index contributed by atoms with van der Waals surface area (Å²) in [5, 5.41) is 9.66. The first-order chi connectivity index (χ1) is 7.60. The highest BCUT2D eigenvalue weighted by Crippen LogP contribution is 2.23. The highest BCUT2D eigenvalue weighted by Gasteiger charge is 2.08. The Bertz CT molecular complexity index is 455. The van der Waals surface area contributed by atoms with E-state index < -0.39 is 0 Å². The molecule has 84 valence electrons.